The monoisotopic (exact) mass is 442 g/mol. The van der Waals surface area contributed by atoms with Crippen LogP contribution in [0.2, 0.25) is 0 Å². The van der Waals surface area contributed by atoms with E-state index in [1.807, 2.05) is 11.3 Å². The van der Waals surface area contributed by atoms with Crippen molar-refractivity contribution < 1.29 is 0 Å². The molecule has 1 N–H and O–H groups in total. The lowest BCUT2D eigenvalue weighted by Crippen LogP contribution is -2.09. The second-order valence-electron chi connectivity index (χ2n) is 8.45. The van der Waals surface area contributed by atoms with E-state index in [4.69, 9.17) is 4.98 Å². The predicted molar refractivity (Wildman–Crippen MR) is 132 cm³/mol. The van der Waals surface area contributed by atoms with E-state index in [1.165, 1.54) is 32.5 Å². The van der Waals surface area contributed by atoms with E-state index < -0.39 is 0 Å². The molecule has 31 heavy (non-hydrogen) atoms. The van der Waals surface area contributed by atoms with Crippen LogP contribution in [0, 0.1) is 12.8 Å². The summed E-state index contributed by atoms with van der Waals surface area (Å²) in [6.07, 6.45) is 5.19. The molecule has 6 heteroatoms. The summed E-state index contributed by atoms with van der Waals surface area (Å²) in [5.74, 6) is 1.67. The van der Waals surface area contributed by atoms with E-state index in [2.05, 4.69) is 71.6 Å². The van der Waals surface area contributed by atoms with Gasteiger partial charge < -0.3 is 5.32 Å². The summed E-state index contributed by atoms with van der Waals surface area (Å²) in [5, 5.41) is 5.81. The average Bonchev–Trinajstić information content (AvgIpc) is 3.35. The Kier molecular flexibility index (Phi) is 4.51. The minimum atomic E-state index is 0.754. The molecule has 3 heterocycles. The fourth-order valence-corrected chi connectivity index (χ4v) is 6.78. The fraction of sp³-hybridized carbons (Fsp3) is 0.240. The normalized spacial score (nSPS) is 16.0. The quantitative estimate of drug-likeness (QED) is 0.322. The molecule has 0 amide bonds. The fourth-order valence-electron chi connectivity index (χ4n) is 4.36. The molecule has 0 saturated carbocycles. The van der Waals surface area contributed by atoms with Gasteiger partial charge in [-0.2, -0.15) is 0 Å². The lowest BCUT2D eigenvalue weighted by Gasteiger charge is -2.18. The van der Waals surface area contributed by atoms with Gasteiger partial charge >= 0.3 is 0 Å². The molecule has 1 unspecified atom stereocenters. The number of aryl methyl sites for hydroxylation is 2. The van der Waals surface area contributed by atoms with Gasteiger partial charge in [0.25, 0.3) is 0 Å². The highest BCUT2D eigenvalue weighted by atomic mass is 32.1. The van der Waals surface area contributed by atoms with E-state index in [1.54, 1.807) is 17.7 Å². The van der Waals surface area contributed by atoms with Gasteiger partial charge in [0.2, 0.25) is 0 Å². The molecule has 2 aromatic carbocycles. The second kappa shape index (κ2) is 7.39. The molecule has 6 rings (SSSR count). The highest BCUT2D eigenvalue weighted by molar-refractivity contribution is 7.21. The topological polar surface area (TPSA) is 50.7 Å². The van der Waals surface area contributed by atoms with Crippen LogP contribution in [0.5, 0.6) is 0 Å². The van der Waals surface area contributed by atoms with Gasteiger partial charge in [0, 0.05) is 16.1 Å². The molecule has 0 spiro atoms. The molecule has 0 radical (unpaired) electrons. The Morgan fingerprint density at radius 3 is 2.77 bits per heavy atom. The first-order valence-electron chi connectivity index (χ1n) is 10.6. The molecule has 1 atom stereocenters. The Labute approximate surface area is 189 Å². The van der Waals surface area contributed by atoms with Crippen molar-refractivity contribution in [3.05, 3.63) is 64.8 Å². The van der Waals surface area contributed by atoms with Crippen LogP contribution in [0.3, 0.4) is 0 Å². The van der Waals surface area contributed by atoms with Crippen molar-refractivity contribution in [1.82, 2.24) is 15.0 Å². The number of fused-ring (bicyclic) bond motifs is 4. The van der Waals surface area contributed by atoms with Gasteiger partial charge in [-0.15, -0.1) is 22.7 Å². The van der Waals surface area contributed by atoms with E-state index in [9.17, 15) is 0 Å². The molecule has 1 aliphatic rings. The molecule has 0 bridgehead atoms. The Hall–Kier alpha value is -2.83. The zero-order chi connectivity index (χ0) is 20.9. The van der Waals surface area contributed by atoms with E-state index in [-0.39, 0.29) is 0 Å². The maximum atomic E-state index is 4.80. The van der Waals surface area contributed by atoms with E-state index in [0.29, 0.717) is 0 Å². The number of rotatable bonds is 3. The van der Waals surface area contributed by atoms with Gasteiger partial charge in [-0.05, 0) is 79.6 Å². The molecule has 3 aromatic heterocycles. The summed E-state index contributed by atoms with van der Waals surface area (Å²) < 4.78 is 1.23. The second-order valence-corrected chi connectivity index (χ2v) is 10.6. The molecule has 4 nitrogen and oxygen atoms in total. The third-order valence-electron chi connectivity index (χ3n) is 6.03. The lowest BCUT2D eigenvalue weighted by atomic mass is 9.89. The molecule has 1 aliphatic carbocycles. The summed E-state index contributed by atoms with van der Waals surface area (Å²) in [6, 6.07) is 14.9. The summed E-state index contributed by atoms with van der Waals surface area (Å²) in [4.78, 5) is 16.5. The molecule has 5 aromatic rings. The van der Waals surface area contributed by atoms with Crippen LogP contribution in [0.15, 0.2) is 48.8 Å². The molecule has 0 saturated heterocycles. The SMILES string of the molecule is Cc1ccc2nc(-c3ccc(Nc4ncnc5sc6c(c45)CCC(C)C6)cc3)sc2c1. The minimum absolute atomic E-state index is 0.754. The van der Waals surface area contributed by atoms with Crippen molar-refractivity contribution in [2.24, 2.45) is 5.92 Å². The van der Waals surface area contributed by atoms with Crippen LogP contribution < -0.4 is 5.32 Å². The van der Waals surface area contributed by atoms with Crippen molar-refractivity contribution >= 4 is 54.6 Å². The van der Waals surface area contributed by atoms with E-state index >= 15 is 0 Å². The number of benzene rings is 2. The number of thiazole rings is 1. The molecular weight excluding hydrogens is 420 g/mol. The number of hydrogen-bond acceptors (Lipinski definition) is 6. The summed E-state index contributed by atoms with van der Waals surface area (Å²) >= 11 is 3.58. The van der Waals surface area contributed by atoms with Crippen LogP contribution in [-0.4, -0.2) is 15.0 Å². The maximum absolute atomic E-state index is 4.80. The number of aromatic nitrogens is 3. The smallest absolute Gasteiger partial charge is 0.142 e. The van der Waals surface area contributed by atoms with Crippen molar-refractivity contribution in [3.63, 3.8) is 0 Å². The van der Waals surface area contributed by atoms with Crippen molar-refractivity contribution in [2.45, 2.75) is 33.1 Å². The Balaban J connectivity index is 1.32. The lowest BCUT2D eigenvalue weighted by molar-refractivity contribution is 0.509. The first-order chi connectivity index (χ1) is 15.1. The van der Waals surface area contributed by atoms with Gasteiger partial charge in [-0.25, -0.2) is 15.0 Å². The highest BCUT2D eigenvalue weighted by Crippen LogP contribution is 2.40. The number of nitrogens with zero attached hydrogens (tertiary/aromatic N) is 3. The van der Waals surface area contributed by atoms with Crippen LogP contribution in [-0.2, 0) is 12.8 Å². The zero-order valence-electron chi connectivity index (χ0n) is 17.5. The molecule has 0 aliphatic heterocycles. The third kappa shape index (κ3) is 3.40. The van der Waals surface area contributed by atoms with Crippen LogP contribution in [0.4, 0.5) is 11.5 Å². The first kappa shape index (κ1) is 18.9. The number of nitrogens with one attached hydrogen (secondary N) is 1. The van der Waals surface area contributed by atoms with Crippen molar-refractivity contribution in [1.29, 1.82) is 0 Å². The summed E-state index contributed by atoms with van der Waals surface area (Å²) in [5.41, 5.74) is 5.95. The number of hydrogen-bond donors (Lipinski definition) is 1. The van der Waals surface area contributed by atoms with E-state index in [0.717, 1.165) is 51.2 Å². The largest absolute Gasteiger partial charge is 0.340 e. The average molecular weight is 443 g/mol. The summed E-state index contributed by atoms with van der Waals surface area (Å²) in [6.45, 7) is 4.46. The van der Waals surface area contributed by atoms with Crippen LogP contribution >= 0.6 is 22.7 Å². The van der Waals surface area contributed by atoms with Crippen LogP contribution in [0.25, 0.3) is 31.0 Å². The highest BCUT2D eigenvalue weighted by Gasteiger charge is 2.23. The van der Waals surface area contributed by atoms with Gasteiger partial charge in [0.1, 0.15) is 22.0 Å². The van der Waals surface area contributed by atoms with Crippen LogP contribution in [0.1, 0.15) is 29.3 Å². The van der Waals surface area contributed by atoms with Crippen molar-refractivity contribution in [3.8, 4) is 10.6 Å². The Morgan fingerprint density at radius 2 is 1.90 bits per heavy atom. The Morgan fingerprint density at radius 1 is 1.03 bits per heavy atom. The number of anilines is 2. The molecule has 154 valence electrons. The number of thiophene rings is 1. The van der Waals surface area contributed by atoms with Gasteiger partial charge in [0.15, 0.2) is 0 Å². The molecular formula is C25H22N4S2. The standard InChI is InChI=1S/C25H22N4S2/c1-14-3-9-18-20(11-14)30-25-22(18)23(26-13-27-25)28-17-7-5-16(6-8-17)24-29-19-10-4-15(2)12-21(19)31-24/h4-8,10,12-14H,3,9,11H2,1-2H3,(H,26,27,28). The third-order valence-corrected chi connectivity index (χ3v) is 8.26. The van der Waals surface area contributed by atoms with Gasteiger partial charge in [-0.1, -0.05) is 13.0 Å². The first-order valence-corrected chi connectivity index (χ1v) is 12.3. The van der Waals surface area contributed by atoms with Crippen molar-refractivity contribution in [2.75, 3.05) is 5.32 Å². The zero-order valence-corrected chi connectivity index (χ0v) is 19.1. The summed E-state index contributed by atoms with van der Waals surface area (Å²) in [7, 11) is 0. The van der Waals surface area contributed by atoms with Gasteiger partial charge in [0.05, 0.1) is 15.6 Å². The predicted octanol–water partition coefficient (Wildman–Crippen LogP) is 7.14. The minimum Gasteiger partial charge on any atom is -0.340 e. The maximum Gasteiger partial charge on any atom is 0.142 e. The molecule has 0 fully saturated rings. The van der Waals surface area contributed by atoms with Gasteiger partial charge in [-0.3, -0.25) is 0 Å². The Bertz CT molecular complexity index is 1420.